The summed E-state index contributed by atoms with van der Waals surface area (Å²) >= 11 is 0. The number of aliphatic hydroxyl groups excluding tert-OH is 2. The van der Waals surface area contributed by atoms with E-state index >= 15 is 0 Å². The number of para-hydroxylation sites is 1. The second kappa shape index (κ2) is 22.2. The summed E-state index contributed by atoms with van der Waals surface area (Å²) in [5.74, 6) is -4.05. The third-order valence-corrected chi connectivity index (χ3v) is 14.8. The fourth-order valence-corrected chi connectivity index (χ4v) is 10.6. The fourth-order valence-electron chi connectivity index (χ4n) is 10.6. The number of Topliss-reactive ketones (excluding diaryl/α,β-unsaturated/α-hetero) is 1. The molecule has 0 saturated carbocycles. The molecule has 3 aliphatic heterocycles. The van der Waals surface area contributed by atoms with E-state index in [1.807, 2.05) is 84.1 Å². The van der Waals surface area contributed by atoms with Crippen molar-refractivity contribution in [1.82, 2.24) is 9.88 Å². The summed E-state index contributed by atoms with van der Waals surface area (Å²) in [6.07, 6.45) is -4.99. The number of aryl methyl sites for hydroxylation is 1. The van der Waals surface area contributed by atoms with Crippen molar-refractivity contribution in [3.63, 3.8) is 0 Å². The largest absolute Gasteiger partial charge is 0.459 e. The molecule has 0 bridgehead atoms. The molecule has 3 aliphatic rings. The monoisotopic (exact) mass is 917 g/mol. The Balaban J connectivity index is 1.55. The van der Waals surface area contributed by atoms with E-state index in [0.29, 0.717) is 19.3 Å². The molecule has 15 heteroatoms. The number of hydrogen-bond donors (Lipinski definition) is 3. The summed E-state index contributed by atoms with van der Waals surface area (Å²) in [6.45, 7) is 18.1. The highest BCUT2D eigenvalue weighted by Crippen LogP contribution is 2.42. The van der Waals surface area contributed by atoms with Crippen molar-refractivity contribution in [2.75, 3.05) is 34.9 Å². The average Bonchev–Trinajstić information content (AvgIpc) is 3.27. The molecule has 0 radical (unpaired) electrons. The Kier molecular flexibility index (Phi) is 18.2. The SMILES string of the molecule is CC[C@@H]1OC(=O)[C@H](C)[C@@H](O[C@H]2C[C@@](C)(OC)[C@@H](O)[C@H](C)O2)[C@H](C)[C@@H](OC2O[C@H](C)C[C@H](N(C)C)[C@H]2O)[C@@](C)(OC)C[C@@H](C)C(=O)[C@@H](C)[C@@H](OCCCc2cnc3ccccc3c2)[C@]1(C)O. The number of ether oxygens (including phenoxy) is 8. The third-order valence-electron chi connectivity index (χ3n) is 14.8. The van der Waals surface area contributed by atoms with Crippen LogP contribution in [0, 0.1) is 23.7 Å². The second-order valence-corrected chi connectivity index (χ2v) is 20.1. The van der Waals surface area contributed by atoms with Crippen LogP contribution in [0.5, 0.6) is 0 Å². The van der Waals surface area contributed by atoms with Gasteiger partial charge in [-0.25, -0.2) is 0 Å². The number of methoxy groups -OCH3 is 2. The van der Waals surface area contributed by atoms with Crippen LogP contribution in [-0.4, -0.2) is 156 Å². The summed E-state index contributed by atoms with van der Waals surface area (Å²) in [7, 11) is 6.87. The molecule has 1 aromatic carbocycles. The van der Waals surface area contributed by atoms with Crippen LogP contribution < -0.4 is 0 Å². The molecule has 1 aromatic heterocycles. The van der Waals surface area contributed by atoms with Crippen molar-refractivity contribution in [3.05, 3.63) is 42.1 Å². The van der Waals surface area contributed by atoms with Crippen LogP contribution in [0.1, 0.15) is 107 Å². The summed E-state index contributed by atoms with van der Waals surface area (Å²) < 4.78 is 51.5. The maximum Gasteiger partial charge on any atom is 0.311 e. The zero-order valence-corrected chi connectivity index (χ0v) is 41.4. The van der Waals surface area contributed by atoms with Crippen LogP contribution in [-0.2, 0) is 53.9 Å². The highest BCUT2D eigenvalue weighted by molar-refractivity contribution is 5.83. The first-order chi connectivity index (χ1) is 30.5. The van der Waals surface area contributed by atoms with Gasteiger partial charge in [0.1, 0.15) is 29.7 Å². The predicted octanol–water partition coefficient (Wildman–Crippen LogP) is 5.65. The molecule has 4 heterocycles. The van der Waals surface area contributed by atoms with E-state index in [0.717, 1.165) is 16.5 Å². The van der Waals surface area contributed by atoms with Crippen LogP contribution >= 0.6 is 0 Å². The zero-order chi connectivity index (χ0) is 48.2. The summed E-state index contributed by atoms with van der Waals surface area (Å²) in [6, 6.07) is 9.74. The Morgan fingerprint density at radius 1 is 0.892 bits per heavy atom. The van der Waals surface area contributed by atoms with Crippen molar-refractivity contribution in [2.24, 2.45) is 23.7 Å². The maximum absolute atomic E-state index is 14.8. The number of aliphatic hydroxyl groups is 3. The van der Waals surface area contributed by atoms with E-state index in [1.165, 1.54) is 7.11 Å². The Morgan fingerprint density at radius 2 is 1.57 bits per heavy atom. The maximum atomic E-state index is 14.8. The molecule has 3 N–H and O–H groups in total. The van der Waals surface area contributed by atoms with Gasteiger partial charge in [0.2, 0.25) is 0 Å². The molecule has 18 atom stereocenters. The van der Waals surface area contributed by atoms with Crippen LogP contribution in [0.15, 0.2) is 36.5 Å². The van der Waals surface area contributed by atoms with Gasteiger partial charge in [-0.15, -0.1) is 0 Å². The number of benzene rings is 1. The van der Waals surface area contributed by atoms with Gasteiger partial charge < -0.3 is 58.1 Å². The molecule has 1 unspecified atom stereocenters. The normalized spacial score (nSPS) is 41.6. The van der Waals surface area contributed by atoms with Gasteiger partial charge in [0.05, 0.1) is 53.2 Å². The molecule has 2 aromatic rings. The smallest absolute Gasteiger partial charge is 0.311 e. The predicted molar refractivity (Wildman–Crippen MR) is 245 cm³/mol. The van der Waals surface area contributed by atoms with E-state index in [2.05, 4.69) is 11.1 Å². The molecule has 65 heavy (non-hydrogen) atoms. The van der Waals surface area contributed by atoms with Crippen molar-refractivity contribution in [1.29, 1.82) is 0 Å². The molecule has 368 valence electrons. The van der Waals surface area contributed by atoms with E-state index < -0.39 is 102 Å². The number of hydrogen-bond acceptors (Lipinski definition) is 15. The van der Waals surface area contributed by atoms with Crippen LogP contribution in [0.2, 0.25) is 0 Å². The number of aromatic nitrogens is 1. The lowest BCUT2D eigenvalue weighted by Crippen LogP contribution is -2.61. The highest BCUT2D eigenvalue weighted by Gasteiger charge is 2.54. The number of carbonyl (C=O) groups is 2. The van der Waals surface area contributed by atoms with Gasteiger partial charge in [0, 0.05) is 62.6 Å². The number of ketones is 1. The average molecular weight is 917 g/mol. The van der Waals surface area contributed by atoms with Crippen molar-refractivity contribution >= 4 is 22.7 Å². The molecule has 3 saturated heterocycles. The van der Waals surface area contributed by atoms with Crippen LogP contribution in [0.25, 0.3) is 10.9 Å². The standard InChI is InChI=1S/C50H80N2O13/c1-15-38-50(10,57)45(60-22-18-19-34-24-35-20-16-17-21-36(35)51-27-34)30(4)40(53)28(2)25-49(9,59-14)44(65-47-41(54)37(52(11)12)23-29(3)61-47)31(5)42(32(6)46(56)63-38)64-39-26-48(8,58-13)43(55)33(7)62-39/h16-17,20-21,24,27-33,37-39,41-45,47,54-55,57H,15,18-19,22-23,25-26H2,1-14H3/t28-,29-,30-,31+,32-,33+,37+,38+,39+,41-,42+,43+,44-,45-,47?,48-,49+,50-/m1/s1. The molecular weight excluding hydrogens is 837 g/mol. The van der Waals surface area contributed by atoms with E-state index in [9.17, 15) is 24.9 Å². The van der Waals surface area contributed by atoms with Crippen molar-refractivity contribution < 1.29 is 62.8 Å². The first-order valence-electron chi connectivity index (χ1n) is 23.7. The number of rotatable bonds is 13. The number of pyridine rings is 1. The minimum absolute atomic E-state index is 0.131. The summed E-state index contributed by atoms with van der Waals surface area (Å²) in [4.78, 5) is 36.1. The molecule has 15 nitrogen and oxygen atoms in total. The Hall–Kier alpha value is -2.67. The molecule has 0 spiro atoms. The Labute approximate surface area is 387 Å². The third kappa shape index (κ3) is 12.0. The van der Waals surface area contributed by atoms with Crippen molar-refractivity contribution in [2.45, 2.75) is 192 Å². The summed E-state index contributed by atoms with van der Waals surface area (Å²) in [5, 5.41) is 36.5. The lowest BCUT2D eigenvalue weighted by Gasteiger charge is -2.50. The Morgan fingerprint density at radius 3 is 2.22 bits per heavy atom. The Bertz CT molecular complexity index is 1870. The highest BCUT2D eigenvalue weighted by atomic mass is 16.7. The van der Waals surface area contributed by atoms with Crippen molar-refractivity contribution in [3.8, 4) is 0 Å². The quantitative estimate of drug-likeness (QED) is 0.166. The fraction of sp³-hybridized carbons (Fsp3) is 0.780. The first kappa shape index (κ1) is 53.3. The van der Waals surface area contributed by atoms with Gasteiger partial charge >= 0.3 is 5.97 Å². The van der Waals surface area contributed by atoms with Gasteiger partial charge in [-0.2, -0.15) is 0 Å². The lowest BCUT2D eigenvalue weighted by molar-refractivity contribution is -0.319. The number of esters is 1. The van der Waals surface area contributed by atoms with E-state index in [4.69, 9.17) is 37.9 Å². The zero-order valence-electron chi connectivity index (χ0n) is 41.4. The second-order valence-electron chi connectivity index (χ2n) is 20.1. The first-order valence-corrected chi connectivity index (χ1v) is 23.7. The molecular formula is C50H80N2O13. The number of fused-ring (bicyclic) bond motifs is 1. The van der Waals surface area contributed by atoms with Gasteiger partial charge in [0.15, 0.2) is 12.6 Å². The molecule has 5 rings (SSSR count). The van der Waals surface area contributed by atoms with E-state index in [-0.39, 0.29) is 43.8 Å². The van der Waals surface area contributed by atoms with E-state index in [1.54, 1.807) is 41.7 Å². The van der Waals surface area contributed by atoms with Gasteiger partial charge in [0.25, 0.3) is 0 Å². The minimum Gasteiger partial charge on any atom is -0.459 e. The minimum atomic E-state index is -1.81. The van der Waals surface area contributed by atoms with Gasteiger partial charge in [-0.3, -0.25) is 14.6 Å². The molecule has 3 fully saturated rings. The topological polar surface area (TPSA) is 185 Å². The van der Waals surface area contributed by atoms with Gasteiger partial charge in [-0.05, 0) is 105 Å². The van der Waals surface area contributed by atoms with Gasteiger partial charge in [-0.1, -0.05) is 45.9 Å². The number of nitrogens with zero attached hydrogens (tertiary/aromatic N) is 2. The number of likely N-dealkylation sites (N-methyl/N-ethyl adjacent to an activating group) is 1. The number of cyclic esters (lactones) is 1. The summed E-state index contributed by atoms with van der Waals surface area (Å²) in [5.41, 5.74) is -2.15. The number of carbonyl (C=O) groups excluding carboxylic acids is 2. The molecule has 0 amide bonds. The van der Waals surface area contributed by atoms with Crippen LogP contribution in [0.3, 0.4) is 0 Å². The van der Waals surface area contributed by atoms with Crippen LogP contribution in [0.4, 0.5) is 0 Å². The molecule has 0 aliphatic carbocycles. The lowest BCUT2D eigenvalue weighted by atomic mass is 9.73.